The first-order valence-corrected chi connectivity index (χ1v) is 4.88. The number of rotatable bonds is 2. The Balaban J connectivity index is 2.03. The van der Waals surface area contributed by atoms with Crippen LogP contribution in [0.2, 0.25) is 0 Å². The maximum Gasteiger partial charge on any atom is 0.407 e. The summed E-state index contributed by atoms with van der Waals surface area (Å²) in [5.41, 5.74) is 1.99. The number of likely N-dealkylation sites (tertiary alicyclic amines) is 1. The van der Waals surface area contributed by atoms with Crippen LogP contribution in [0.25, 0.3) is 0 Å². The van der Waals surface area contributed by atoms with Crippen molar-refractivity contribution in [2.45, 2.75) is 12.5 Å². The third-order valence-corrected chi connectivity index (χ3v) is 2.76. The highest BCUT2D eigenvalue weighted by molar-refractivity contribution is 5.66. The van der Waals surface area contributed by atoms with Crippen molar-refractivity contribution in [1.29, 1.82) is 0 Å². The van der Waals surface area contributed by atoms with E-state index in [0.717, 1.165) is 11.1 Å². The quantitative estimate of drug-likeness (QED) is 0.767. The highest BCUT2D eigenvalue weighted by Crippen LogP contribution is 2.27. The van der Waals surface area contributed by atoms with E-state index in [4.69, 9.17) is 10.2 Å². The summed E-state index contributed by atoms with van der Waals surface area (Å²) in [6.45, 7) is 1.15. The SMILES string of the molecule is O=C(O)N1CC(c2cccc(CO)c2)C1. The maximum absolute atomic E-state index is 10.6. The first kappa shape index (κ1) is 9.98. The summed E-state index contributed by atoms with van der Waals surface area (Å²) in [7, 11) is 0. The Labute approximate surface area is 87.8 Å². The summed E-state index contributed by atoms with van der Waals surface area (Å²) >= 11 is 0. The summed E-state index contributed by atoms with van der Waals surface area (Å²) in [5, 5.41) is 17.7. The molecular formula is C11H13NO3. The molecule has 80 valence electrons. The van der Waals surface area contributed by atoms with Crippen molar-refractivity contribution in [3.8, 4) is 0 Å². The van der Waals surface area contributed by atoms with E-state index in [1.807, 2.05) is 24.3 Å². The van der Waals surface area contributed by atoms with Crippen molar-refractivity contribution < 1.29 is 15.0 Å². The predicted molar refractivity (Wildman–Crippen MR) is 54.7 cm³/mol. The highest BCUT2D eigenvalue weighted by atomic mass is 16.4. The number of carboxylic acid groups (broad SMARTS) is 1. The van der Waals surface area contributed by atoms with E-state index < -0.39 is 6.09 Å². The van der Waals surface area contributed by atoms with E-state index in [2.05, 4.69) is 0 Å². The zero-order valence-electron chi connectivity index (χ0n) is 8.26. The van der Waals surface area contributed by atoms with Crippen LogP contribution in [0.1, 0.15) is 17.0 Å². The van der Waals surface area contributed by atoms with Crippen molar-refractivity contribution in [2.75, 3.05) is 13.1 Å². The molecule has 0 bridgehead atoms. The standard InChI is InChI=1S/C11H13NO3/c13-7-8-2-1-3-9(4-8)10-5-12(6-10)11(14)15/h1-4,10,13H,5-7H2,(H,14,15). The molecule has 4 heteroatoms. The lowest BCUT2D eigenvalue weighted by Crippen LogP contribution is -2.47. The smallest absolute Gasteiger partial charge is 0.407 e. The van der Waals surface area contributed by atoms with Crippen molar-refractivity contribution >= 4 is 6.09 Å². The normalized spacial score (nSPS) is 16.2. The number of aliphatic hydroxyl groups is 1. The fraction of sp³-hybridized carbons (Fsp3) is 0.364. The average Bonchev–Trinajstić information content (AvgIpc) is 2.15. The van der Waals surface area contributed by atoms with E-state index >= 15 is 0 Å². The summed E-state index contributed by atoms with van der Waals surface area (Å²) < 4.78 is 0. The molecule has 0 spiro atoms. The topological polar surface area (TPSA) is 60.8 Å². The Hall–Kier alpha value is -1.55. The molecule has 0 radical (unpaired) electrons. The molecule has 0 atom stereocenters. The van der Waals surface area contributed by atoms with Gasteiger partial charge in [0.2, 0.25) is 0 Å². The van der Waals surface area contributed by atoms with E-state index in [1.165, 1.54) is 4.90 Å². The van der Waals surface area contributed by atoms with Crippen LogP contribution >= 0.6 is 0 Å². The summed E-state index contributed by atoms with van der Waals surface area (Å²) in [4.78, 5) is 12.0. The van der Waals surface area contributed by atoms with Gasteiger partial charge < -0.3 is 15.1 Å². The molecule has 4 nitrogen and oxygen atoms in total. The molecule has 1 heterocycles. The Morgan fingerprint density at radius 3 is 2.80 bits per heavy atom. The largest absolute Gasteiger partial charge is 0.465 e. The zero-order chi connectivity index (χ0) is 10.8. The lowest BCUT2D eigenvalue weighted by Gasteiger charge is -2.37. The number of nitrogens with zero attached hydrogens (tertiary/aromatic N) is 1. The molecule has 0 unspecified atom stereocenters. The molecule has 2 rings (SSSR count). The van der Waals surface area contributed by atoms with Gasteiger partial charge in [-0.05, 0) is 11.1 Å². The molecule has 1 aromatic carbocycles. The monoisotopic (exact) mass is 207 g/mol. The van der Waals surface area contributed by atoms with Crippen LogP contribution in [0.3, 0.4) is 0 Å². The molecule has 2 N–H and O–H groups in total. The van der Waals surface area contributed by atoms with E-state index in [-0.39, 0.29) is 12.5 Å². The van der Waals surface area contributed by atoms with Gasteiger partial charge in [0.25, 0.3) is 0 Å². The number of amides is 1. The van der Waals surface area contributed by atoms with Gasteiger partial charge in [0, 0.05) is 19.0 Å². The van der Waals surface area contributed by atoms with Crippen LogP contribution in [-0.2, 0) is 6.61 Å². The Morgan fingerprint density at radius 1 is 1.47 bits per heavy atom. The second-order valence-electron chi connectivity index (χ2n) is 3.79. The third kappa shape index (κ3) is 1.94. The molecule has 15 heavy (non-hydrogen) atoms. The summed E-state index contributed by atoms with van der Waals surface area (Å²) in [6.07, 6.45) is -0.857. The molecular weight excluding hydrogens is 194 g/mol. The van der Waals surface area contributed by atoms with Gasteiger partial charge in [-0.15, -0.1) is 0 Å². The highest BCUT2D eigenvalue weighted by Gasteiger charge is 2.31. The van der Waals surface area contributed by atoms with E-state index in [9.17, 15) is 4.79 Å². The first-order valence-electron chi connectivity index (χ1n) is 4.88. The molecule has 0 saturated carbocycles. The lowest BCUT2D eigenvalue weighted by atomic mass is 9.91. The number of hydrogen-bond donors (Lipinski definition) is 2. The van der Waals surface area contributed by atoms with Crippen LogP contribution in [0, 0.1) is 0 Å². The molecule has 0 aliphatic carbocycles. The van der Waals surface area contributed by atoms with Gasteiger partial charge in [0.1, 0.15) is 0 Å². The van der Waals surface area contributed by atoms with Crippen molar-refractivity contribution in [3.05, 3.63) is 35.4 Å². The Kier molecular flexibility index (Phi) is 2.60. The molecule has 1 aromatic rings. The minimum Gasteiger partial charge on any atom is -0.465 e. The number of aliphatic hydroxyl groups excluding tert-OH is 1. The molecule has 1 aliphatic heterocycles. The zero-order valence-corrected chi connectivity index (χ0v) is 8.26. The molecule has 1 amide bonds. The van der Waals surface area contributed by atoms with Gasteiger partial charge in [-0.25, -0.2) is 4.79 Å². The van der Waals surface area contributed by atoms with Crippen LogP contribution in [0.15, 0.2) is 24.3 Å². The van der Waals surface area contributed by atoms with Crippen molar-refractivity contribution in [2.24, 2.45) is 0 Å². The van der Waals surface area contributed by atoms with Crippen LogP contribution < -0.4 is 0 Å². The predicted octanol–water partition coefficient (Wildman–Crippen LogP) is 1.26. The second-order valence-corrected chi connectivity index (χ2v) is 3.79. The van der Waals surface area contributed by atoms with Crippen molar-refractivity contribution in [3.63, 3.8) is 0 Å². The maximum atomic E-state index is 10.6. The second kappa shape index (κ2) is 3.90. The molecule has 1 saturated heterocycles. The molecule has 1 fully saturated rings. The summed E-state index contributed by atoms with van der Waals surface area (Å²) in [6, 6.07) is 7.66. The van der Waals surface area contributed by atoms with Gasteiger partial charge >= 0.3 is 6.09 Å². The molecule has 1 aliphatic rings. The fourth-order valence-electron chi connectivity index (χ4n) is 1.79. The minimum atomic E-state index is -0.857. The van der Waals surface area contributed by atoms with Gasteiger partial charge in [0.05, 0.1) is 6.61 Å². The summed E-state index contributed by atoms with van der Waals surface area (Å²) in [5.74, 6) is 0.285. The van der Waals surface area contributed by atoms with Gasteiger partial charge in [-0.3, -0.25) is 0 Å². The van der Waals surface area contributed by atoms with Crippen LogP contribution in [0.5, 0.6) is 0 Å². The lowest BCUT2D eigenvalue weighted by molar-refractivity contribution is 0.105. The Morgan fingerprint density at radius 2 is 2.20 bits per heavy atom. The fourth-order valence-corrected chi connectivity index (χ4v) is 1.79. The average molecular weight is 207 g/mol. The van der Waals surface area contributed by atoms with Crippen molar-refractivity contribution in [1.82, 2.24) is 4.90 Å². The minimum absolute atomic E-state index is 0.0310. The van der Waals surface area contributed by atoms with Gasteiger partial charge in [-0.1, -0.05) is 24.3 Å². The van der Waals surface area contributed by atoms with Gasteiger partial charge in [0.15, 0.2) is 0 Å². The van der Waals surface area contributed by atoms with Crippen LogP contribution in [0.4, 0.5) is 4.79 Å². The third-order valence-electron chi connectivity index (χ3n) is 2.76. The number of carbonyl (C=O) groups is 1. The first-order chi connectivity index (χ1) is 7.20. The molecule has 0 aromatic heterocycles. The van der Waals surface area contributed by atoms with E-state index in [0.29, 0.717) is 13.1 Å². The Bertz CT molecular complexity index is 372. The number of benzene rings is 1. The van der Waals surface area contributed by atoms with Gasteiger partial charge in [-0.2, -0.15) is 0 Å². The number of hydrogen-bond acceptors (Lipinski definition) is 2. The van der Waals surface area contributed by atoms with E-state index in [1.54, 1.807) is 0 Å². The van der Waals surface area contributed by atoms with Crippen LogP contribution in [-0.4, -0.2) is 34.3 Å².